The maximum absolute atomic E-state index is 10.7. The van der Waals surface area contributed by atoms with Crippen molar-refractivity contribution in [3.8, 4) is 0 Å². The van der Waals surface area contributed by atoms with Crippen LogP contribution in [-0.4, -0.2) is 29.7 Å². The van der Waals surface area contributed by atoms with Crippen molar-refractivity contribution in [3.63, 3.8) is 0 Å². The molecular formula is C11H16ClN3O3. The van der Waals surface area contributed by atoms with E-state index in [-0.39, 0.29) is 16.9 Å². The van der Waals surface area contributed by atoms with E-state index in [1.807, 2.05) is 0 Å². The normalized spacial score (nSPS) is 12.2. The first-order valence-corrected chi connectivity index (χ1v) is 6.02. The van der Waals surface area contributed by atoms with Crippen LogP contribution in [0.25, 0.3) is 0 Å². The summed E-state index contributed by atoms with van der Waals surface area (Å²) in [7, 11) is 1.61. The first-order chi connectivity index (χ1) is 8.56. The molecule has 0 saturated carbocycles. The van der Waals surface area contributed by atoms with E-state index in [0.717, 1.165) is 12.8 Å². The van der Waals surface area contributed by atoms with Gasteiger partial charge < -0.3 is 10.1 Å². The van der Waals surface area contributed by atoms with Gasteiger partial charge in [-0.3, -0.25) is 10.1 Å². The van der Waals surface area contributed by atoms with E-state index in [2.05, 4.69) is 17.2 Å². The predicted molar refractivity (Wildman–Crippen MR) is 70.1 cm³/mol. The molecule has 1 N–H and O–H groups in total. The highest BCUT2D eigenvalue weighted by Crippen LogP contribution is 2.21. The van der Waals surface area contributed by atoms with E-state index in [9.17, 15) is 10.1 Å². The molecule has 0 aliphatic carbocycles. The fraction of sp³-hybridized carbons (Fsp3) is 0.545. The first kappa shape index (κ1) is 14.7. The van der Waals surface area contributed by atoms with Gasteiger partial charge in [0.2, 0.25) is 0 Å². The zero-order valence-corrected chi connectivity index (χ0v) is 11.1. The van der Waals surface area contributed by atoms with Gasteiger partial charge in [0.1, 0.15) is 11.0 Å². The lowest BCUT2D eigenvalue weighted by atomic mass is 10.2. The van der Waals surface area contributed by atoms with Crippen molar-refractivity contribution in [2.24, 2.45) is 0 Å². The molecule has 1 unspecified atom stereocenters. The standard InChI is InChI=1S/C11H16ClN3O3/c1-3-4-8(7-18-2)13-11-6-9(15(16)17)5-10(12)14-11/h5-6,8H,3-4,7H2,1-2H3,(H,13,14). The van der Waals surface area contributed by atoms with E-state index in [1.54, 1.807) is 7.11 Å². The highest BCUT2D eigenvalue weighted by molar-refractivity contribution is 6.29. The Balaban J connectivity index is 2.84. The van der Waals surface area contributed by atoms with E-state index in [4.69, 9.17) is 16.3 Å². The zero-order valence-electron chi connectivity index (χ0n) is 10.4. The van der Waals surface area contributed by atoms with Crippen molar-refractivity contribution in [2.75, 3.05) is 19.0 Å². The second-order valence-corrected chi connectivity index (χ2v) is 4.26. The number of hydrogen-bond donors (Lipinski definition) is 1. The number of anilines is 1. The van der Waals surface area contributed by atoms with Crippen LogP contribution in [0.5, 0.6) is 0 Å². The van der Waals surface area contributed by atoms with E-state index < -0.39 is 4.92 Å². The number of nitro groups is 1. The van der Waals surface area contributed by atoms with Crippen molar-refractivity contribution in [3.05, 3.63) is 27.4 Å². The molecule has 0 aliphatic heterocycles. The number of methoxy groups -OCH3 is 1. The van der Waals surface area contributed by atoms with Crippen LogP contribution >= 0.6 is 11.6 Å². The molecule has 1 heterocycles. The molecule has 0 amide bonds. The Bertz CT molecular complexity index is 409. The fourth-order valence-corrected chi connectivity index (χ4v) is 1.82. The van der Waals surface area contributed by atoms with Crippen molar-refractivity contribution >= 4 is 23.1 Å². The number of rotatable bonds is 7. The van der Waals surface area contributed by atoms with Crippen LogP contribution in [0.4, 0.5) is 11.5 Å². The Morgan fingerprint density at radius 1 is 1.61 bits per heavy atom. The molecule has 0 bridgehead atoms. The number of ether oxygens (including phenoxy) is 1. The van der Waals surface area contributed by atoms with Crippen LogP contribution in [-0.2, 0) is 4.74 Å². The van der Waals surface area contributed by atoms with Crippen LogP contribution in [0.2, 0.25) is 5.15 Å². The maximum atomic E-state index is 10.7. The first-order valence-electron chi connectivity index (χ1n) is 5.64. The molecule has 7 heteroatoms. The van der Waals surface area contributed by atoms with Gasteiger partial charge in [-0.05, 0) is 6.42 Å². The van der Waals surface area contributed by atoms with Crippen molar-refractivity contribution < 1.29 is 9.66 Å². The average molecular weight is 274 g/mol. The van der Waals surface area contributed by atoms with Gasteiger partial charge in [0.05, 0.1) is 29.7 Å². The molecule has 100 valence electrons. The Labute approximate surface area is 110 Å². The molecule has 18 heavy (non-hydrogen) atoms. The number of pyridine rings is 1. The van der Waals surface area contributed by atoms with Crippen LogP contribution in [0.3, 0.4) is 0 Å². The summed E-state index contributed by atoms with van der Waals surface area (Å²) in [4.78, 5) is 14.2. The third-order valence-corrected chi connectivity index (χ3v) is 2.54. The van der Waals surface area contributed by atoms with Gasteiger partial charge in [-0.1, -0.05) is 24.9 Å². The van der Waals surface area contributed by atoms with Gasteiger partial charge >= 0.3 is 0 Å². The SMILES string of the molecule is CCCC(COC)Nc1cc([N+](=O)[O-])cc(Cl)n1. The molecule has 1 aromatic heterocycles. The molecule has 0 saturated heterocycles. The molecule has 0 radical (unpaired) electrons. The lowest BCUT2D eigenvalue weighted by Crippen LogP contribution is -2.25. The maximum Gasteiger partial charge on any atom is 0.276 e. The van der Waals surface area contributed by atoms with Crippen LogP contribution in [0.15, 0.2) is 12.1 Å². The van der Waals surface area contributed by atoms with Gasteiger partial charge in [0.15, 0.2) is 0 Å². The van der Waals surface area contributed by atoms with Crippen LogP contribution in [0.1, 0.15) is 19.8 Å². The molecule has 6 nitrogen and oxygen atoms in total. The highest BCUT2D eigenvalue weighted by atomic mass is 35.5. The Morgan fingerprint density at radius 2 is 2.33 bits per heavy atom. The minimum Gasteiger partial charge on any atom is -0.383 e. The molecule has 0 aromatic carbocycles. The largest absolute Gasteiger partial charge is 0.383 e. The Kier molecular flexibility index (Phi) is 5.80. The molecule has 1 aromatic rings. The lowest BCUT2D eigenvalue weighted by molar-refractivity contribution is -0.384. The summed E-state index contributed by atoms with van der Waals surface area (Å²) in [6.07, 6.45) is 1.86. The van der Waals surface area contributed by atoms with Crippen molar-refractivity contribution in [1.29, 1.82) is 0 Å². The molecule has 0 spiro atoms. The van der Waals surface area contributed by atoms with E-state index in [0.29, 0.717) is 12.4 Å². The van der Waals surface area contributed by atoms with Crippen LogP contribution in [0, 0.1) is 10.1 Å². The van der Waals surface area contributed by atoms with Gasteiger partial charge in [0, 0.05) is 7.11 Å². The fourth-order valence-electron chi connectivity index (χ4n) is 1.62. The van der Waals surface area contributed by atoms with Crippen LogP contribution < -0.4 is 5.32 Å². The number of nitrogens with zero attached hydrogens (tertiary/aromatic N) is 2. The summed E-state index contributed by atoms with van der Waals surface area (Å²) >= 11 is 5.74. The van der Waals surface area contributed by atoms with Gasteiger partial charge in [0.25, 0.3) is 5.69 Å². The van der Waals surface area contributed by atoms with E-state index >= 15 is 0 Å². The minimum atomic E-state index is -0.496. The average Bonchev–Trinajstić information content (AvgIpc) is 2.28. The predicted octanol–water partition coefficient (Wildman–Crippen LogP) is 2.87. The Hall–Kier alpha value is -1.40. The molecule has 0 aliphatic rings. The number of halogens is 1. The molecular weight excluding hydrogens is 258 g/mol. The summed E-state index contributed by atoms with van der Waals surface area (Å²) in [5.41, 5.74) is -0.0786. The van der Waals surface area contributed by atoms with Crippen molar-refractivity contribution in [1.82, 2.24) is 4.98 Å². The van der Waals surface area contributed by atoms with Gasteiger partial charge in [-0.2, -0.15) is 0 Å². The number of hydrogen-bond acceptors (Lipinski definition) is 5. The van der Waals surface area contributed by atoms with Crippen molar-refractivity contribution in [2.45, 2.75) is 25.8 Å². The van der Waals surface area contributed by atoms with Gasteiger partial charge in [-0.15, -0.1) is 0 Å². The third-order valence-electron chi connectivity index (χ3n) is 2.35. The quantitative estimate of drug-likeness (QED) is 0.469. The minimum absolute atomic E-state index is 0.0607. The molecule has 0 fully saturated rings. The Morgan fingerprint density at radius 3 is 2.89 bits per heavy atom. The number of aromatic nitrogens is 1. The summed E-state index contributed by atoms with van der Waals surface area (Å²) in [6.45, 7) is 2.56. The summed E-state index contributed by atoms with van der Waals surface area (Å²) in [6, 6.07) is 2.65. The summed E-state index contributed by atoms with van der Waals surface area (Å²) < 4.78 is 5.08. The summed E-state index contributed by atoms with van der Waals surface area (Å²) in [5, 5.41) is 13.9. The van der Waals surface area contributed by atoms with Gasteiger partial charge in [-0.25, -0.2) is 4.98 Å². The zero-order chi connectivity index (χ0) is 13.5. The second-order valence-electron chi connectivity index (χ2n) is 3.88. The molecule has 1 atom stereocenters. The second kappa shape index (κ2) is 7.13. The lowest BCUT2D eigenvalue weighted by Gasteiger charge is -2.17. The molecule has 1 rings (SSSR count). The third kappa shape index (κ3) is 4.46. The monoisotopic (exact) mass is 273 g/mol. The highest BCUT2D eigenvalue weighted by Gasteiger charge is 2.13. The smallest absolute Gasteiger partial charge is 0.276 e. The van der Waals surface area contributed by atoms with E-state index in [1.165, 1.54) is 12.1 Å². The number of nitrogens with one attached hydrogen (secondary N) is 1. The topological polar surface area (TPSA) is 77.3 Å². The summed E-state index contributed by atoms with van der Waals surface area (Å²) in [5.74, 6) is 0.393.